The summed E-state index contributed by atoms with van der Waals surface area (Å²) in [6, 6.07) is 6.88. The third-order valence-corrected chi connectivity index (χ3v) is 4.31. The number of esters is 1. The van der Waals surface area contributed by atoms with Crippen LogP contribution in [0.4, 0.5) is 0 Å². The van der Waals surface area contributed by atoms with Crippen LogP contribution in [-0.2, 0) is 25.5 Å². The van der Waals surface area contributed by atoms with E-state index in [0.29, 0.717) is 5.56 Å². The monoisotopic (exact) mass is 359 g/mol. The van der Waals surface area contributed by atoms with Crippen molar-refractivity contribution in [3.63, 3.8) is 0 Å². The summed E-state index contributed by atoms with van der Waals surface area (Å²) in [5.74, 6) is -1.44. The van der Waals surface area contributed by atoms with Crippen LogP contribution in [0, 0.1) is 11.3 Å². The molecule has 0 aliphatic carbocycles. The average Bonchev–Trinajstić information content (AvgIpc) is 3.03. The summed E-state index contributed by atoms with van der Waals surface area (Å²) < 4.78 is 4.75. The molecule has 26 heavy (non-hydrogen) atoms. The fourth-order valence-corrected chi connectivity index (χ4v) is 2.96. The van der Waals surface area contributed by atoms with Gasteiger partial charge in [0.15, 0.2) is 0 Å². The van der Waals surface area contributed by atoms with Gasteiger partial charge in [-0.15, -0.1) is 0 Å². The SMILES string of the molecule is COC(=O)[C@H](Cc1ccc(C#N)cc1)NC(=O)[C@@H]1C[C@@H](O)CN1C(C)=O. The minimum Gasteiger partial charge on any atom is -0.467 e. The molecule has 3 atom stereocenters. The topological polar surface area (TPSA) is 120 Å². The number of likely N-dealkylation sites (tertiary alicyclic amines) is 1. The summed E-state index contributed by atoms with van der Waals surface area (Å²) in [5, 5.41) is 21.2. The van der Waals surface area contributed by atoms with E-state index < -0.39 is 30.1 Å². The van der Waals surface area contributed by atoms with Gasteiger partial charge in [-0.2, -0.15) is 5.26 Å². The number of aliphatic hydroxyl groups excluding tert-OH is 1. The molecule has 138 valence electrons. The third kappa shape index (κ3) is 4.58. The molecular weight excluding hydrogens is 338 g/mol. The number of carbonyl (C=O) groups is 3. The lowest BCUT2D eigenvalue weighted by Crippen LogP contribution is -2.51. The molecule has 8 nitrogen and oxygen atoms in total. The predicted molar refractivity (Wildman–Crippen MR) is 90.6 cm³/mol. The Labute approximate surface area is 151 Å². The number of nitriles is 1. The highest BCUT2D eigenvalue weighted by molar-refractivity contribution is 5.91. The van der Waals surface area contributed by atoms with E-state index in [1.165, 1.54) is 18.9 Å². The number of nitrogens with zero attached hydrogens (tertiary/aromatic N) is 2. The Kier molecular flexibility index (Phi) is 6.31. The average molecular weight is 359 g/mol. The van der Waals surface area contributed by atoms with E-state index in [1.807, 2.05) is 6.07 Å². The van der Waals surface area contributed by atoms with Gasteiger partial charge in [0, 0.05) is 26.3 Å². The number of aliphatic hydroxyl groups is 1. The highest BCUT2D eigenvalue weighted by Gasteiger charge is 2.38. The fraction of sp³-hybridized carbons (Fsp3) is 0.444. The van der Waals surface area contributed by atoms with Crippen molar-refractivity contribution in [3.8, 4) is 6.07 Å². The Morgan fingerprint density at radius 1 is 1.38 bits per heavy atom. The van der Waals surface area contributed by atoms with Crippen molar-refractivity contribution in [1.29, 1.82) is 5.26 Å². The molecule has 1 aromatic carbocycles. The maximum atomic E-state index is 12.6. The van der Waals surface area contributed by atoms with Gasteiger partial charge in [-0.1, -0.05) is 12.1 Å². The van der Waals surface area contributed by atoms with Crippen LogP contribution in [0.15, 0.2) is 24.3 Å². The van der Waals surface area contributed by atoms with Gasteiger partial charge in [-0.25, -0.2) is 4.79 Å². The van der Waals surface area contributed by atoms with Crippen molar-refractivity contribution in [2.24, 2.45) is 0 Å². The van der Waals surface area contributed by atoms with Crippen molar-refractivity contribution in [3.05, 3.63) is 35.4 Å². The first-order valence-corrected chi connectivity index (χ1v) is 8.18. The van der Waals surface area contributed by atoms with Gasteiger partial charge < -0.3 is 20.1 Å². The zero-order valence-electron chi connectivity index (χ0n) is 14.6. The number of rotatable bonds is 5. The molecule has 0 saturated carbocycles. The van der Waals surface area contributed by atoms with Crippen LogP contribution in [-0.4, -0.2) is 59.6 Å². The summed E-state index contributed by atoms with van der Waals surface area (Å²) in [7, 11) is 1.22. The molecule has 1 aliphatic heterocycles. The standard InChI is InChI=1S/C18H21N3O5/c1-11(22)21-10-14(23)8-16(21)17(24)20-15(18(25)26-2)7-12-3-5-13(9-19)6-4-12/h3-6,14-16,23H,7-8,10H2,1-2H3,(H,20,24)/t14-,15+,16+/m1/s1. The van der Waals surface area contributed by atoms with Crippen molar-refractivity contribution >= 4 is 17.8 Å². The molecular formula is C18H21N3O5. The largest absolute Gasteiger partial charge is 0.467 e. The Bertz CT molecular complexity index is 725. The Balaban J connectivity index is 2.11. The third-order valence-electron chi connectivity index (χ3n) is 4.31. The second-order valence-corrected chi connectivity index (χ2v) is 6.17. The van der Waals surface area contributed by atoms with Crippen LogP contribution >= 0.6 is 0 Å². The molecule has 0 bridgehead atoms. The second-order valence-electron chi connectivity index (χ2n) is 6.17. The summed E-state index contributed by atoms with van der Waals surface area (Å²) in [6.07, 6.45) is -0.472. The Morgan fingerprint density at radius 2 is 2.04 bits per heavy atom. The summed E-state index contributed by atoms with van der Waals surface area (Å²) in [4.78, 5) is 37.5. The van der Waals surface area contributed by atoms with Gasteiger partial charge in [0.05, 0.1) is 24.8 Å². The molecule has 0 spiro atoms. The van der Waals surface area contributed by atoms with Crippen LogP contribution in [0.5, 0.6) is 0 Å². The second kappa shape index (κ2) is 8.45. The quantitative estimate of drug-likeness (QED) is 0.699. The number of hydrogen-bond acceptors (Lipinski definition) is 6. The van der Waals surface area contributed by atoms with Gasteiger partial charge in [-0.3, -0.25) is 9.59 Å². The van der Waals surface area contributed by atoms with E-state index >= 15 is 0 Å². The maximum absolute atomic E-state index is 12.6. The van der Waals surface area contributed by atoms with Crippen molar-refractivity contribution in [1.82, 2.24) is 10.2 Å². The van der Waals surface area contributed by atoms with E-state index in [2.05, 4.69) is 5.32 Å². The summed E-state index contributed by atoms with van der Waals surface area (Å²) >= 11 is 0. The van der Waals surface area contributed by atoms with E-state index in [9.17, 15) is 19.5 Å². The molecule has 0 aromatic heterocycles. The first-order chi connectivity index (χ1) is 12.3. The maximum Gasteiger partial charge on any atom is 0.328 e. The molecule has 1 saturated heterocycles. The van der Waals surface area contributed by atoms with Crippen LogP contribution in [0.25, 0.3) is 0 Å². The molecule has 2 rings (SSSR count). The molecule has 1 fully saturated rings. The number of carbonyl (C=O) groups excluding carboxylic acids is 3. The molecule has 1 heterocycles. The number of benzene rings is 1. The van der Waals surface area contributed by atoms with Crippen molar-refractivity contribution in [2.75, 3.05) is 13.7 Å². The molecule has 2 amide bonds. The number of ether oxygens (including phenoxy) is 1. The minimum atomic E-state index is -0.938. The fourth-order valence-electron chi connectivity index (χ4n) is 2.96. The number of β-amino-alcohol motifs (C(OH)–C–C–N with tert-alkyl or cyclic N) is 1. The predicted octanol–water partition coefficient (Wildman–Crippen LogP) is -0.260. The minimum absolute atomic E-state index is 0.0892. The van der Waals surface area contributed by atoms with Crippen LogP contribution in [0.3, 0.4) is 0 Å². The van der Waals surface area contributed by atoms with E-state index in [4.69, 9.17) is 10.00 Å². The van der Waals surface area contributed by atoms with Gasteiger partial charge in [0.1, 0.15) is 12.1 Å². The first kappa shape index (κ1) is 19.4. The summed E-state index contributed by atoms with van der Waals surface area (Å²) in [5.41, 5.74) is 1.24. The lowest BCUT2D eigenvalue weighted by atomic mass is 10.0. The molecule has 1 aromatic rings. The number of hydrogen-bond donors (Lipinski definition) is 2. The zero-order valence-corrected chi connectivity index (χ0v) is 14.6. The van der Waals surface area contributed by atoms with Crippen LogP contribution in [0.1, 0.15) is 24.5 Å². The molecule has 0 radical (unpaired) electrons. The molecule has 2 N–H and O–H groups in total. The summed E-state index contributed by atoms with van der Waals surface area (Å²) in [6.45, 7) is 1.42. The van der Waals surface area contributed by atoms with Gasteiger partial charge in [0.2, 0.25) is 11.8 Å². The Morgan fingerprint density at radius 3 is 2.58 bits per heavy atom. The highest BCUT2D eigenvalue weighted by Crippen LogP contribution is 2.18. The van der Waals surface area contributed by atoms with Gasteiger partial charge in [-0.05, 0) is 17.7 Å². The molecule has 1 aliphatic rings. The normalized spacial score (nSPS) is 20.2. The lowest BCUT2D eigenvalue weighted by molar-refractivity contribution is -0.146. The molecule has 0 unspecified atom stereocenters. The van der Waals surface area contributed by atoms with Crippen molar-refractivity contribution < 1.29 is 24.2 Å². The lowest BCUT2D eigenvalue weighted by Gasteiger charge is -2.24. The smallest absolute Gasteiger partial charge is 0.328 e. The molecule has 8 heteroatoms. The number of methoxy groups -OCH3 is 1. The Hall–Kier alpha value is -2.92. The van der Waals surface area contributed by atoms with Gasteiger partial charge >= 0.3 is 5.97 Å². The van der Waals surface area contributed by atoms with E-state index in [0.717, 1.165) is 5.56 Å². The van der Waals surface area contributed by atoms with Gasteiger partial charge in [0.25, 0.3) is 0 Å². The van der Waals surface area contributed by atoms with E-state index in [1.54, 1.807) is 24.3 Å². The van der Waals surface area contributed by atoms with Crippen LogP contribution < -0.4 is 5.32 Å². The van der Waals surface area contributed by atoms with Crippen LogP contribution in [0.2, 0.25) is 0 Å². The number of amides is 2. The number of nitrogens with one attached hydrogen (secondary N) is 1. The first-order valence-electron chi connectivity index (χ1n) is 8.18. The van der Waals surface area contributed by atoms with E-state index in [-0.39, 0.29) is 25.3 Å². The zero-order chi connectivity index (χ0) is 19.3. The van der Waals surface area contributed by atoms with Crippen molar-refractivity contribution in [2.45, 2.75) is 38.0 Å². The highest BCUT2D eigenvalue weighted by atomic mass is 16.5.